The number of hydrogen-bond acceptors (Lipinski definition) is 4. The van der Waals surface area contributed by atoms with Crippen molar-refractivity contribution in [2.75, 3.05) is 45.9 Å². The topological polar surface area (TPSA) is 61.9 Å². The quantitative estimate of drug-likeness (QED) is 0.820. The Balaban J connectivity index is 1.54. The number of carbonyl (C=O) groups excluding carboxylic acids is 2. The van der Waals surface area contributed by atoms with Gasteiger partial charge in [-0.2, -0.15) is 0 Å². The van der Waals surface area contributed by atoms with E-state index >= 15 is 0 Å². The van der Waals surface area contributed by atoms with Gasteiger partial charge in [-0.25, -0.2) is 0 Å². The van der Waals surface area contributed by atoms with E-state index in [1.165, 1.54) is 0 Å². The first-order valence-electron chi connectivity index (χ1n) is 8.88. The predicted octanol–water partition coefficient (Wildman–Crippen LogP) is 0.472. The summed E-state index contributed by atoms with van der Waals surface area (Å²) in [5, 5.41) is 3.21. The third-order valence-electron chi connectivity index (χ3n) is 5.33. The Bertz CT molecular complexity index is 452. The van der Waals surface area contributed by atoms with Crippen LogP contribution < -0.4 is 5.32 Å². The maximum atomic E-state index is 12.5. The molecule has 23 heavy (non-hydrogen) atoms. The highest BCUT2D eigenvalue weighted by molar-refractivity contribution is 5.82. The van der Waals surface area contributed by atoms with Crippen LogP contribution in [0.5, 0.6) is 0 Å². The van der Waals surface area contributed by atoms with E-state index in [0.29, 0.717) is 31.4 Å². The average Bonchev–Trinajstić information content (AvgIpc) is 2.83. The molecule has 0 aromatic carbocycles. The van der Waals surface area contributed by atoms with Crippen LogP contribution in [0.2, 0.25) is 0 Å². The summed E-state index contributed by atoms with van der Waals surface area (Å²) >= 11 is 0. The van der Waals surface area contributed by atoms with Gasteiger partial charge in [0.2, 0.25) is 5.91 Å². The summed E-state index contributed by atoms with van der Waals surface area (Å²) in [6, 6.07) is 0. The van der Waals surface area contributed by atoms with E-state index in [1.54, 1.807) is 0 Å². The minimum atomic E-state index is -0.333. The minimum absolute atomic E-state index is 0.0917. The van der Waals surface area contributed by atoms with Crippen LogP contribution >= 0.6 is 0 Å². The molecular weight excluding hydrogens is 294 g/mol. The Labute approximate surface area is 138 Å². The first-order chi connectivity index (χ1) is 11.0. The van der Waals surface area contributed by atoms with Crippen LogP contribution in [-0.4, -0.2) is 73.6 Å². The number of nitrogens with zero attached hydrogens (tertiary/aromatic N) is 2. The van der Waals surface area contributed by atoms with Gasteiger partial charge in [-0.3, -0.25) is 9.59 Å². The largest absolute Gasteiger partial charge is 0.366 e. The lowest BCUT2D eigenvalue weighted by Gasteiger charge is -2.40. The van der Waals surface area contributed by atoms with Crippen molar-refractivity contribution in [1.82, 2.24) is 15.1 Å². The molecule has 0 aliphatic carbocycles. The van der Waals surface area contributed by atoms with Crippen molar-refractivity contribution in [1.29, 1.82) is 0 Å². The van der Waals surface area contributed by atoms with Crippen LogP contribution in [0, 0.1) is 11.3 Å². The number of hydrogen-bond donors (Lipinski definition) is 1. The number of piperidine rings is 1. The molecule has 0 saturated carbocycles. The summed E-state index contributed by atoms with van der Waals surface area (Å²) in [7, 11) is 0. The smallest absolute Gasteiger partial charge is 0.253 e. The third kappa shape index (κ3) is 3.69. The molecule has 3 saturated heterocycles. The van der Waals surface area contributed by atoms with Crippen molar-refractivity contribution in [3.8, 4) is 0 Å². The highest BCUT2D eigenvalue weighted by Gasteiger charge is 2.45. The van der Waals surface area contributed by atoms with E-state index in [4.69, 9.17) is 4.74 Å². The molecule has 0 aromatic heterocycles. The normalized spacial score (nSPS) is 28.0. The summed E-state index contributed by atoms with van der Waals surface area (Å²) in [5.41, 5.74) is 0.0917. The molecule has 1 spiro atoms. The zero-order valence-corrected chi connectivity index (χ0v) is 14.3. The molecule has 1 N–H and O–H groups in total. The number of ether oxygens (including phenoxy) is 1. The van der Waals surface area contributed by atoms with Gasteiger partial charge in [0.05, 0.1) is 6.61 Å². The van der Waals surface area contributed by atoms with E-state index in [1.807, 2.05) is 9.80 Å². The molecule has 3 fully saturated rings. The maximum Gasteiger partial charge on any atom is 0.253 e. The molecule has 3 heterocycles. The lowest BCUT2D eigenvalue weighted by atomic mass is 9.77. The van der Waals surface area contributed by atoms with Gasteiger partial charge in [-0.05, 0) is 18.8 Å². The molecule has 3 aliphatic heterocycles. The molecule has 0 bridgehead atoms. The summed E-state index contributed by atoms with van der Waals surface area (Å²) in [6.07, 6.45) is 2.18. The van der Waals surface area contributed by atoms with Crippen molar-refractivity contribution >= 4 is 11.8 Å². The maximum absolute atomic E-state index is 12.5. The summed E-state index contributed by atoms with van der Waals surface area (Å²) in [4.78, 5) is 28.7. The molecule has 2 amide bonds. The van der Waals surface area contributed by atoms with Crippen molar-refractivity contribution in [3.05, 3.63) is 0 Å². The number of amides is 2. The van der Waals surface area contributed by atoms with Gasteiger partial charge in [0.15, 0.2) is 0 Å². The molecule has 0 unspecified atom stereocenters. The van der Waals surface area contributed by atoms with Crippen molar-refractivity contribution in [2.24, 2.45) is 11.3 Å². The lowest BCUT2D eigenvalue weighted by Crippen LogP contribution is -2.52. The van der Waals surface area contributed by atoms with E-state index < -0.39 is 0 Å². The molecule has 3 rings (SSSR count). The zero-order valence-electron chi connectivity index (χ0n) is 14.3. The fourth-order valence-corrected chi connectivity index (χ4v) is 4.05. The van der Waals surface area contributed by atoms with Crippen LogP contribution in [0.1, 0.15) is 33.1 Å². The van der Waals surface area contributed by atoms with Gasteiger partial charge in [-0.1, -0.05) is 13.8 Å². The highest BCUT2D eigenvalue weighted by atomic mass is 16.5. The van der Waals surface area contributed by atoms with E-state index in [2.05, 4.69) is 19.2 Å². The monoisotopic (exact) mass is 323 g/mol. The molecule has 130 valence electrons. The number of carbonyl (C=O) groups is 2. The lowest BCUT2D eigenvalue weighted by molar-refractivity contribution is -0.147. The molecule has 0 radical (unpaired) electrons. The fraction of sp³-hybridized carbons (Fsp3) is 0.882. The number of likely N-dealkylation sites (tertiary alicyclic amines) is 2. The second kappa shape index (κ2) is 6.77. The van der Waals surface area contributed by atoms with Gasteiger partial charge in [0.1, 0.15) is 6.10 Å². The van der Waals surface area contributed by atoms with Crippen LogP contribution in [-0.2, 0) is 14.3 Å². The SMILES string of the molecule is CC(C)CN1CC2(CCN(C(=O)[C@@H]3CNCCO3)CC2)CC1=O. The Hall–Kier alpha value is -1.14. The van der Waals surface area contributed by atoms with Crippen LogP contribution in [0.15, 0.2) is 0 Å². The molecule has 6 nitrogen and oxygen atoms in total. The first kappa shape index (κ1) is 16.7. The average molecular weight is 323 g/mol. The van der Waals surface area contributed by atoms with Gasteiger partial charge < -0.3 is 19.9 Å². The number of rotatable bonds is 3. The molecular formula is C17H29N3O3. The van der Waals surface area contributed by atoms with Crippen LogP contribution in [0.25, 0.3) is 0 Å². The van der Waals surface area contributed by atoms with Crippen LogP contribution in [0.4, 0.5) is 0 Å². The van der Waals surface area contributed by atoms with Crippen molar-refractivity contribution < 1.29 is 14.3 Å². The molecule has 1 atom stereocenters. The Kier molecular flexibility index (Phi) is 4.92. The predicted molar refractivity (Wildman–Crippen MR) is 86.9 cm³/mol. The summed E-state index contributed by atoms with van der Waals surface area (Å²) in [5.74, 6) is 0.903. The molecule has 0 aromatic rings. The van der Waals surface area contributed by atoms with Gasteiger partial charge in [-0.15, -0.1) is 0 Å². The number of nitrogens with one attached hydrogen (secondary N) is 1. The van der Waals surface area contributed by atoms with Crippen LogP contribution in [0.3, 0.4) is 0 Å². The Morgan fingerprint density at radius 3 is 2.74 bits per heavy atom. The zero-order chi connectivity index (χ0) is 16.4. The first-order valence-corrected chi connectivity index (χ1v) is 8.88. The number of morpholine rings is 1. The highest BCUT2D eigenvalue weighted by Crippen LogP contribution is 2.41. The fourth-order valence-electron chi connectivity index (χ4n) is 4.05. The summed E-state index contributed by atoms with van der Waals surface area (Å²) in [6.45, 7) is 9.56. The van der Waals surface area contributed by atoms with E-state index in [-0.39, 0.29) is 17.4 Å². The second-order valence-electron chi connectivity index (χ2n) is 7.73. The van der Waals surface area contributed by atoms with E-state index in [9.17, 15) is 9.59 Å². The second-order valence-corrected chi connectivity index (χ2v) is 7.73. The Morgan fingerprint density at radius 2 is 2.13 bits per heavy atom. The molecule has 6 heteroatoms. The van der Waals surface area contributed by atoms with Crippen molar-refractivity contribution in [3.63, 3.8) is 0 Å². The third-order valence-corrected chi connectivity index (χ3v) is 5.33. The van der Waals surface area contributed by atoms with Gasteiger partial charge in [0, 0.05) is 51.1 Å². The van der Waals surface area contributed by atoms with E-state index in [0.717, 1.165) is 45.6 Å². The standard InChI is InChI=1S/C17H29N3O3/c1-13(2)11-20-12-17(9-15(20)21)3-6-19(7-4-17)16(22)14-10-18-5-8-23-14/h13-14,18H,3-12H2,1-2H3/t14-/m0/s1. The summed E-state index contributed by atoms with van der Waals surface area (Å²) < 4.78 is 5.57. The Morgan fingerprint density at radius 1 is 1.39 bits per heavy atom. The minimum Gasteiger partial charge on any atom is -0.366 e. The van der Waals surface area contributed by atoms with Crippen molar-refractivity contribution in [2.45, 2.75) is 39.2 Å². The van der Waals surface area contributed by atoms with Gasteiger partial charge >= 0.3 is 0 Å². The molecule has 3 aliphatic rings. The van der Waals surface area contributed by atoms with Gasteiger partial charge in [0.25, 0.3) is 5.91 Å².